The van der Waals surface area contributed by atoms with E-state index in [4.69, 9.17) is 14.6 Å². The van der Waals surface area contributed by atoms with Gasteiger partial charge < -0.3 is 14.6 Å². The summed E-state index contributed by atoms with van der Waals surface area (Å²) in [7, 11) is 1.64. The van der Waals surface area contributed by atoms with Crippen LogP contribution in [0.15, 0.2) is 71.8 Å². The van der Waals surface area contributed by atoms with Gasteiger partial charge in [-0.3, -0.25) is 8.77 Å². The van der Waals surface area contributed by atoms with E-state index in [1.807, 2.05) is 71.7 Å². The molecule has 1 aromatic heterocycles. The van der Waals surface area contributed by atoms with Crippen LogP contribution in [-0.4, -0.2) is 34.5 Å². The van der Waals surface area contributed by atoms with Gasteiger partial charge in [0.1, 0.15) is 11.5 Å². The number of hydrogen-bond donors (Lipinski definition) is 1. The van der Waals surface area contributed by atoms with E-state index in [-0.39, 0.29) is 12.4 Å². The Morgan fingerprint density at radius 2 is 1.73 bits per heavy atom. The van der Waals surface area contributed by atoms with E-state index in [1.54, 1.807) is 20.1 Å². The molecule has 1 heterocycles. The van der Waals surface area contributed by atoms with Crippen LogP contribution in [0.2, 0.25) is 0 Å². The van der Waals surface area contributed by atoms with E-state index in [1.165, 1.54) is 11.9 Å². The topological polar surface area (TPSA) is 77.8 Å². The summed E-state index contributed by atoms with van der Waals surface area (Å²) in [4.78, 5) is 24.1. The first-order chi connectivity index (χ1) is 15.9. The number of aliphatic carboxylic acids is 1. The van der Waals surface area contributed by atoms with Gasteiger partial charge >= 0.3 is 5.97 Å². The summed E-state index contributed by atoms with van der Waals surface area (Å²) in [5.74, 6) is 0.311. The van der Waals surface area contributed by atoms with Crippen molar-refractivity contribution < 1.29 is 24.2 Å². The van der Waals surface area contributed by atoms with Gasteiger partial charge in [0.2, 0.25) is 0 Å². The zero-order chi connectivity index (χ0) is 23.5. The number of hydrogen-bond acceptors (Lipinski definition) is 5. The van der Waals surface area contributed by atoms with Gasteiger partial charge in [0.05, 0.1) is 12.6 Å². The van der Waals surface area contributed by atoms with Crippen molar-refractivity contribution in [2.24, 2.45) is 0 Å². The van der Waals surface area contributed by atoms with Gasteiger partial charge in [0.25, 0.3) is 0 Å². The van der Waals surface area contributed by atoms with Crippen LogP contribution in [0.3, 0.4) is 0 Å². The Kier molecular flexibility index (Phi) is 6.42. The minimum atomic E-state index is -1.02. The number of fused-ring (bicyclic) bond motifs is 1. The number of Topliss-reactive ketones (excluding diaryl/α,β-unsaturated/α-hetero) is 1. The number of carboxylic acid groups (broad SMARTS) is 1. The van der Waals surface area contributed by atoms with Gasteiger partial charge in [-0.1, -0.05) is 18.2 Å². The first kappa shape index (κ1) is 22.5. The third kappa shape index (κ3) is 4.88. The third-order valence-corrected chi connectivity index (χ3v) is 6.24. The second-order valence-electron chi connectivity index (χ2n) is 7.59. The molecule has 7 heteroatoms. The number of aryl methyl sites for hydroxylation is 1. The Morgan fingerprint density at radius 1 is 1.00 bits per heavy atom. The summed E-state index contributed by atoms with van der Waals surface area (Å²) >= 11 is 1.49. The van der Waals surface area contributed by atoms with Gasteiger partial charge in [-0.2, -0.15) is 0 Å². The second-order valence-corrected chi connectivity index (χ2v) is 8.63. The van der Waals surface area contributed by atoms with Crippen LogP contribution in [0, 0.1) is 6.92 Å². The van der Waals surface area contributed by atoms with Gasteiger partial charge in [0.15, 0.2) is 12.4 Å². The molecule has 6 nitrogen and oxygen atoms in total. The fraction of sp³-hybridized carbons (Fsp3) is 0.154. The highest BCUT2D eigenvalue weighted by molar-refractivity contribution is 7.98. The van der Waals surface area contributed by atoms with E-state index in [0.717, 1.165) is 38.2 Å². The standard InChI is InChI=1S/C26H23NO5S/c1-16-12-21(9-11-25(16)32-15-26(29)30)33-27-14-23(17(2)28)22-13-19(6-10-24(22)27)18-4-7-20(31-3)8-5-18/h4-14H,15H2,1-3H3,(H,29,30). The Labute approximate surface area is 195 Å². The predicted molar refractivity (Wildman–Crippen MR) is 129 cm³/mol. The number of carbonyl (C=O) groups excluding carboxylic acids is 1. The number of nitrogens with zero attached hydrogens (tertiary/aromatic N) is 1. The summed E-state index contributed by atoms with van der Waals surface area (Å²) in [5.41, 5.74) is 4.50. The normalized spacial score (nSPS) is 10.9. The Morgan fingerprint density at radius 3 is 2.36 bits per heavy atom. The van der Waals surface area contributed by atoms with E-state index in [2.05, 4.69) is 0 Å². The molecule has 0 saturated carbocycles. The van der Waals surface area contributed by atoms with E-state index in [0.29, 0.717) is 11.3 Å². The molecule has 0 radical (unpaired) electrons. The minimum absolute atomic E-state index is 0.000157. The van der Waals surface area contributed by atoms with Crippen LogP contribution < -0.4 is 9.47 Å². The van der Waals surface area contributed by atoms with Gasteiger partial charge in [-0.15, -0.1) is 0 Å². The van der Waals surface area contributed by atoms with Crippen molar-refractivity contribution in [1.82, 2.24) is 3.97 Å². The lowest BCUT2D eigenvalue weighted by molar-refractivity contribution is -0.139. The molecule has 0 aliphatic rings. The number of carbonyl (C=O) groups is 2. The second kappa shape index (κ2) is 9.42. The Hall–Kier alpha value is -3.71. The number of ketones is 1. The van der Waals surface area contributed by atoms with E-state index >= 15 is 0 Å². The molecule has 0 atom stereocenters. The predicted octanol–water partition coefficient (Wildman–Crippen LogP) is 5.85. The molecule has 4 rings (SSSR count). The molecule has 168 valence electrons. The van der Waals surface area contributed by atoms with Crippen molar-refractivity contribution in [3.05, 3.63) is 78.0 Å². The number of methoxy groups -OCH3 is 1. The van der Waals surface area contributed by atoms with Crippen LogP contribution in [0.4, 0.5) is 0 Å². The van der Waals surface area contributed by atoms with Crippen molar-refractivity contribution in [2.75, 3.05) is 13.7 Å². The molecular formula is C26H23NO5S. The number of aromatic nitrogens is 1. The van der Waals surface area contributed by atoms with Crippen molar-refractivity contribution in [1.29, 1.82) is 0 Å². The highest BCUT2D eigenvalue weighted by atomic mass is 32.2. The van der Waals surface area contributed by atoms with Crippen molar-refractivity contribution in [2.45, 2.75) is 18.7 Å². The third-order valence-electron chi connectivity index (χ3n) is 5.27. The summed E-state index contributed by atoms with van der Waals surface area (Å²) in [5, 5.41) is 9.70. The van der Waals surface area contributed by atoms with Crippen LogP contribution in [0.25, 0.3) is 22.0 Å². The number of carboxylic acids is 1. The lowest BCUT2D eigenvalue weighted by atomic mass is 10.0. The van der Waals surface area contributed by atoms with Crippen LogP contribution in [0.1, 0.15) is 22.8 Å². The molecule has 33 heavy (non-hydrogen) atoms. The molecule has 0 amide bonds. The molecule has 0 aliphatic heterocycles. The maximum absolute atomic E-state index is 12.4. The molecule has 0 spiro atoms. The zero-order valence-corrected chi connectivity index (χ0v) is 19.3. The number of ether oxygens (including phenoxy) is 2. The summed E-state index contributed by atoms with van der Waals surface area (Å²) < 4.78 is 12.5. The molecule has 3 aromatic carbocycles. The Balaban J connectivity index is 1.67. The van der Waals surface area contributed by atoms with Crippen molar-refractivity contribution in [3.63, 3.8) is 0 Å². The molecular weight excluding hydrogens is 438 g/mol. The molecule has 1 N–H and O–H groups in total. The smallest absolute Gasteiger partial charge is 0.341 e. The van der Waals surface area contributed by atoms with Crippen LogP contribution in [-0.2, 0) is 4.79 Å². The average molecular weight is 462 g/mol. The molecule has 0 aliphatic carbocycles. The van der Waals surface area contributed by atoms with Gasteiger partial charge in [-0.05, 0) is 85.0 Å². The SMILES string of the molecule is COc1ccc(-c2ccc3c(c2)c(C(C)=O)cn3Sc2ccc(OCC(=O)O)c(C)c2)cc1. The fourth-order valence-corrected chi connectivity index (χ4v) is 4.61. The maximum Gasteiger partial charge on any atom is 0.341 e. The van der Waals surface area contributed by atoms with E-state index in [9.17, 15) is 9.59 Å². The fourth-order valence-electron chi connectivity index (χ4n) is 3.61. The van der Waals surface area contributed by atoms with Gasteiger partial charge in [-0.25, -0.2) is 4.79 Å². The summed E-state index contributed by atoms with van der Waals surface area (Å²) in [6.07, 6.45) is 1.86. The monoisotopic (exact) mass is 461 g/mol. The molecule has 4 aromatic rings. The van der Waals surface area contributed by atoms with Crippen LogP contribution in [0.5, 0.6) is 11.5 Å². The van der Waals surface area contributed by atoms with Crippen molar-refractivity contribution >= 4 is 34.6 Å². The quantitative estimate of drug-likeness (QED) is 0.332. The first-order valence-electron chi connectivity index (χ1n) is 10.3. The molecule has 0 bridgehead atoms. The summed E-state index contributed by atoms with van der Waals surface area (Å²) in [6, 6.07) is 19.5. The average Bonchev–Trinajstić information content (AvgIpc) is 3.16. The highest BCUT2D eigenvalue weighted by Gasteiger charge is 2.15. The zero-order valence-electron chi connectivity index (χ0n) is 18.5. The maximum atomic E-state index is 12.4. The molecule has 0 fully saturated rings. The highest BCUT2D eigenvalue weighted by Crippen LogP contribution is 2.34. The molecule has 0 saturated heterocycles. The lowest BCUT2D eigenvalue weighted by Crippen LogP contribution is -2.10. The van der Waals surface area contributed by atoms with Crippen LogP contribution >= 0.6 is 11.9 Å². The largest absolute Gasteiger partial charge is 0.497 e. The summed E-state index contributed by atoms with van der Waals surface area (Å²) in [6.45, 7) is 3.06. The van der Waals surface area contributed by atoms with Gasteiger partial charge in [0, 0.05) is 22.0 Å². The minimum Gasteiger partial charge on any atom is -0.497 e. The van der Waals surface area contributed by atoms with Crippen molar-refractivity contribution in [3.8, 4) is 22.6 Å². The molecule has 0 unspecified atom stereocenters. The van der Waals surface area contributed by atoms with E-state index < -0.39 is 5.97 Å². The lowest BCUT2D eigenvalue weighted by Gasteiger charge is -2.10. The number of benzene rings is 3. The Bertz CT molecular complexity index is 1340. The number of rotatable bonds is 8. The first-order valence-corrected chi connectivity index (χ1v) is 11.1.